The first-order chi connectivity index (χ1) is 9.08. The minimum absolute atomic E-state index is 0.120. The quantitative estimate of drug-likeness (QED) is 0.900. The normalized spacial score (nSPS) is 22.6. The van der Waals surface area contributed by atoms with Crippen LogP contribution in [0.25, 0.3) is 11.4 Å². The van der Waals surface area contributed by atoms with Crippen LogP contribution in [-0.2, 0) is 0 Å². The molecule has 1 atom stereocenters. The van der Waals surface area contributed by atoms with E-state index in [2.05, 4.69) is 29.3 Å². The molecule has 19 heavy (non-hydrogen) atoms. The Labute approximate surface area is 112 Å². The number of piperidine rings is 1. The lowest BCUT2D eigenvalue weighted by Crippen LogP contribution is -2.39. The number of nitrogens with one attached hydrogen (secondary N) is 1. The zero-order valence-corrected chi connectivity index (χ0v) is 11.6. The molecular weight excluding hydrogens is 242 g/mol. The van der Waals surface area contributed by atoms with E-state index in [0.717, 1.165) is 24.3 Å². The summed E-state index contributed by atoms with van der Waals surface area (Å²) in [5, 5.41) is 7.55. The van der Waals surface area contributed by atoms with Crippen LogP contribution >= 0.6 is 0 Å². The third kappa shape index (κ3) is 2.18. The molecule has 0 saturated carbocycles. The van der Waals surface area contributed by atoms with Gasteiger partial charge in [0.05, 0.1) is 17.9 Å². The first-order valence-electron chi connectivity index (χ1n) is 6.69. The van der Waals surface area contributed by atoms with Crippen LogP contribution in [0.15, 0.2) is 21.3 Å². The van der Waals surface area contributed by atoms with Gasteiger partial charge in [0, 0.05) is 0 Å². The van der Waals surface area contributed by atoms with Gasteiger partial charge in [-0.3, -0.25) is 0 Å². The van der Waals surface area contributed by atoms with Gasteiger partial charge in [0.25, 0.3) is 0 Å². The summed E-state index contributed by atoms with van der Waals surface area (Å²) in [5.41, 5.74) is 1.02. The highest BCUT2D eigenvalue weighted by molar-refractivity contribution is 5.56. The third-order valence-electron chi connectivity index (χ3n) is 3.92. The number of hydrogen-bond donors (Lipinski definition) is 1. The second-order valence-electron chi connectivity index (χ2n) is 5.83. The van der Waals surface area contributed by atoms with Crippen LogP contribution in [-0.4, -0.2) is 16.7 Å². The number of rotatable bonds is 2. The molecule has 3 rings (SSSR count). The summed E-state index contributed by atoms with van der Waals surface area (Å²) in [7, 11) is 0. The van der Waals surface area contributed by atoms with Gasteiger partial charge in [-0.25, -0.2) is 0 Å². The second kappa shape index (κ2) is 4.49. The summed E-state index contributed by atoms with van der Waals surface area (Å²) in [6, 6.07) is 1.98. The number of aryl methyl sites for hydroxylation is 1. The van der Waals surface area contributed by atoms with Crippen LogP contribution in [0.5, 0.6) is 0 Å². The summed E-state index contributed by atoms with van der Waals surface area (Å²) < 4.78 is 10.7. The van der Waals surface area contributed by atoms with Crippen molar-refractivity contribution in [3.05, 3.63) is 24.0 Å². The molecule has 0 aliphatic carbocycles. The lowest BCUT2D eigenvalue weighted by Gasteiger charge is -2.36. The maximum absolute atomic E-state index is 5.45. The van der Waals surface area contributed by atoms with Crippen molar-refractivity contribution in [2.45, 2.75) is 39.7 Å². The van der Waals surface area contributed by atoms with Crippen LogP contribution in [0.2, 0.25) is 0 Å². The fraction of sp³-hybridized carbons (Fsp3) is 0.571. The molecule has 0 bridgehead atoms. The van der Waals surface area contributed by atoms with E-state index in [1.54, 1.807) is 6.26 Å². The van der Waals surface area contributed by atoms with Gasteiger partial charge in [-0.2, -0.15) is 4.98 Å². The predicted octanol–water partition coefficient (Wildman–Crippen LogP) is 3.09. The van der Waals surface area contributed by atoms with Crippen molar-refractivity contribution >= 4 is 0 Å². The van der Waals surface area contributed by atoms with Gasteiger partial charge in [0.15, 0.2) is 0 Å². The standard InChI is InChI=1S/C14H19N3O2/c1-9-10(5-8-18-9)12-16-13(19-17-12)11-14(2,3)6-4-7-15-11/h5,8,11,15H,4,6-7H2,1-3H3. The number of hydrogen-bond acceptors (Lipinski definition) is 5. The van der Waals surface area contributed by atoms with Gasteiger partial charge in [-0.05, 0) is 37.8 Å². The molecule has 102 valence electrons. The number of furan rings is 1. The fourth-order valence-corrected chi connectivity index (χ4v) is 2.71. The molecule has 3 heterocycles. The fourth-order valence-electron chi connectivity index (χ4n) is 2.71. The SMILES string of the molecule is Cc1occc1-c1noc(C2NCCCC2(C)C)n1. The van der Waals surface area contributed by atoms with Gasteiger partial charge >= 0.3 is 0 Å². The van der Waals surface area contributed by atoms with Gasteiger partial charge in [-0.15, -0.1) is 0 Å². The summed E-state index contributed by atoms with van der Waals surface area (Å²) in [5.74, 6) is 2.08. The molecule has 1 aliphatic heterocycles. The predicted molar refractivity (Wildman–Crippen MR) is 70.5 cm³/mol. The van der Waals surface area contributed by atoms with Crippen LogP contribution in [0.3, 0.4) is 0 Å². The Bertz CT molecular complexity index is 571. The maximum atomic E-state index is 5.45. The third-order valence-corrected chi connectivity index (χ3v) is 3.92. The molecule has 0 amide bonds. The molecule has 2 aromatic heterocycles. The van der Waals surface area contributed by atoms with Crippen LogP contribution in [0.4, 0.5) is 0 Å². The van der Waals surface area contributed by atoms with E-state index in [-0.39, 0.29) is 11.5 Å². The Morgan fingerprint density at radius 2 is 2.26 bits per heavy atom. The highest BCUT2D eigenvalue weighted by Gasteiger charge is 2.37. The van der Waals surface area contributed by atoms with Gasteiger partial charge < -0.3 is 14.3 Å². The van der Waals surface area contributed by atoms with Crippen molar-refractivity contribution in [2.24, 2.45) is 5.41 Å². The molecule has 5 nitrogen and oxygen atoms in total. The monoisotopic (exact) mass is 261 g/mol. The van der Waals surface area contributed by atoms with E-state index in [0.29, 0.717) is 11.7 Å². The van der Waals surface area contributed by atoms with E-state index >= 15 is 0 Å². The molecule has 1 N–H and O–H groups in total. The Morgan fingerprint density at radius 3 is 2.95 bits per heavy atom. The van der Waals surface area contributed by atoms with E-state index in [4.69, 9.17) is 8.94 Å². The van der Waals surface area contributed by atoms with Crippen LogP contribution in [0, 0.1) is 12.3 Å². The molecule has 0 spiro atoms. The molecule has 1 fully saturated rings. The summed E-state index contributed by atoms with van der Waals surface area (Å²) in [4.78, 5) is 4.53. The zero-order valence-electron chi connectivity index (χ0n) is 11.6. The molecule has 1 saturated heterocycles. The van der Waals surface area contributed by atoms with Crippen molar-refractivity contribution in [1.82, 2.24) is 15.5 Å². The first-order valence-corrected chi connectivity index (χ1v) is 6.69. The Morgan fingerprint density at radius 1 is 1.42 bits per heavy atom. The average molecular weight is 261 g/mol. The molecule has 1 aliphatic rings. The molecule has 0 aromatic carbocycles. The largest absolute Gasteiger partial charge is 0.469 e. The minimum atomic E-state index is 0.120. The average Bonchev–Trinajstić information content (AvgIpc) is 2.97. The molecule has 0 radical (unpaired) electrons. The van der Waals surface area contributed by atoms with Gasteiger partial charge in [-0.1, -0.05) is 19.0 Å². The Kier molecular flexibility index (Phi) is 2.93. The van der Waals surface area contributed by atoms with Crippen LogP contribution < -0.4 is 5.32 Å². The molecular formula is C14H19N3O2. The zero-order chi connectivity index (χ0) is 13.5. The van der Waals surface area contributed by atoms with Crippen molar-refractivity contribution in [3.63, 3.8) is 0 Å². The minimum Gasteiger partial charge on any atom is -0.469 e. The number of nitrogens with zero attached hydrogens (tertiary/aromatic N) is 2. The molecule has 2 aromatic rings. The molecule has 1 unspecified atom stereocenters. The molecule has 5 heteroatoms. The van der Waals surface area contributed by atoms with E-state index < -0.39 is 0 Å². The second-order valence-corrected chi connectivity index (χ2v) is 5.83. The maximum Gasteiger partial charge on any atom is 0.244 e. The smallest absolute Gasteiger partial charge is 0.244 e. The number of aromatic nitrogens is 2. The lowest BCUT2D eigenvalue weighted by molar-refractivity contribution is 0.146. The van der Waals surface area contributed by atoms with Crippen molar-refractivity contribution < 1.29 is 8.94 Å². The topological polar surface area (TPSA) is 64.1 Å². The highest BCUT2D eigenvalue weighted by Crippen LogP contribution is 2.39. The van der Waals surface area contributed by atoms with Crippen molar-refractivity contribution in [3.8, 4) is 11.4 Å². The lowest BCUT2D eigenvalue weighted by atomic mass is 9.77. The first kappa shape index (κ1) is 12.4. The Balaban J connectivity index is 1.91. The van der Waals surface area contributed by atoms with E-state index in [1.165, 1.54) is 6.42 Å². The van der Waals surface area contributed by atoms with E-state index in [9.17, 15) is 0 Å². The van der Waals surface area contributed by atoms with Crippen molar-refractivity contribution in [1.29, 1.82) is 0 Å². The van der Waals surface area contributed by atoms with Gasteiger partial charge in [0.1, 0.15) is 5.76 Å². The summed E-state index contributed by atoms with van der Waals surface area (Å²) in [6.45, 7) is 7.36. The highest BCUT2D eigenvalue weighted by atomic mass is 16.5. The van der Waals surface area contributed by atoms with Crippen LogP contribution in [0.1, 0.15) is 44.4 Å². The Hall–Kier alpha value is -1.62. The van der Waals surface area contributed by atoms with E-state index in [1.807, 2.05) is 13.0 Å². The summed E-state index contributed by atoms with van der Waals surface area (Å²) >= 11 is 0. The van der Waals surface area contributed by atoms with Crippen molar-refractivity contribution in [2.75, 3.05) is 6.54 Å². The summed E-state index contributed by atoms with van der Waals surface area (Å²) in [6.07, 6.45) is 3.99. The van der Waals surface area contributed by atoms with Gasteiger partial charge in [0.2, 0.25) is 11.7 Å².